The molecule has 32 heavy (non-hydrogen) atoms. The van der Waals surface area contributed by atoms with Gasteiger partial charge in [-0.3, -0.25) is 4.40 Å². The first-order valence-corrected chi connectivity index (χ1v) is 12.3. The zero-order valence-electron chi connectivity index (χ0n) is 17.6. The molecule has 0 atom stereocenters. The Labute approximate surface area is 190 Å². The fraction of sp³-hybridized carbons (Fsp3) is 0.300. The van der Waals surface area contributed by atoms with Crippen LogP contribution in [-0.2, 0) is 10.2 Å². The highest BCUT2D eigenvalue weighted by Gasteiger charge is 2.30. The number of phenolic OH excluding ortho intramolecular Hbond substituents is 1. The summed E-state index contributed by atoms with van der Waals surface area (Å²) in [5.41, 5.74) is 8.48. The minimum Gasteiger partial charge on any atom is -0.508 e. The fourth-order valence-electron chi connectivity index (χ4n) is 3.59. The first-order valence-electron chi connectivity index (χ1n) is 10.0. The lowest BCUT2D eigenvalue weighted by Crippen LogP contribution is -2.50. The fourth-order valence-corrected chi connectivity index (χ4v) is 5.74. The van der Waals surface area contributed by atoms with Crippen LogP contribution in [0.25, 0.3) is 21.9 Å². The average molecular weight is 476 g/mol. The van der Waals surface area contributed by atoms with Gasteiger partial charge in [-0.1, -0.05) is 18.7 Å². The Morgan fingerprint density at radius 3 is 3.00 bits per heavy atom. The predicted octanol–water partition coefficient (Wildman–Crippen LogP) is 1.53. The summed E-state index contributed by atoms with van der Waals surface area (Å²) in [6.45, 7) is 5.68. The lowest BCUT2D eigenvalue weighted by molar-refractivity contribution is 0.309. The van der Waals surface area contributed by atoms with E-state index in [2.05, 4.69) is 21.9 Å². The molecule has 10 nitrogen and oxygen atoms in total. The molecule has 1 aliphatic heterocycles. The van der Waals surface area contributed by atoms with Gasteiger partial charge in [0.15, 0.2) is 10.9 Å². The lowest BCUT2D eigenvalue weighted by atomic mass is 10.1. The van der Waals surface area contributed by atoms with E-state index in [1.54, 1.807) is 25.2 Å². The third kappa shape index (κ3) is 4.35. The monoisotopic (exact) mass is 475 g/mol. The molecule has 0 radical (unpaired) electrons. The standard InChI is InChI=1S/C20H25N7O3S2/c1-14(23-19(21)22-7-10-26-9-4-8-25(2)32(26,29)30)18-17(15-5-3-6-16(28)13-15)24-20-27(18)11-12-31-20/h3,5-6,11-13,28H,1,4,7-10H2,2H3,(H3,21,22,23). The van der Waals surface area contributed by atoms with Gasteiger partial charge < -0.3 is 16.2 Å². The third-order valence-electron chi connectivity index (χ3n) is 5.18. The molecule has 0 spiro atoms. The van der Waals surface area contributed by atoms with Gasteiger partial charge >= 0.3 is 0 Å². The molecule has 170 valence electrons. The number of hydrogen-bond donors (Lipinski definition) is 3. The van der Waals surface area contributed by atoms with Crippen molar-refractivity contribution in [3.05, 3.63) is 48.1 Å². The van der Waals surface area contributed by atoms with Crippen LogP contribution in [0, 0.1) is 0 Å². The Morgan fingerprint density at radius 1 is 1.41 bits per heavy atom. The van der Waals surface area contributed by atoms with Crippen molar-refractivity contribution >= 4 is 38.2 Å². The largest absolute Gasteiger partial charge is 0.508 e. The molecule has 4 N–H and O–H groups in total. The van der Waals surface area contributed by atoms with E-state index in [1.165, 1.54) is 19.9 Å². The second kappa shape index (κ2) is 8.90. The van der Waals surface area contributed by atoms with E-state index < -0.39 is 10.2 Å². The summed E-state index contributed by atoms with van der Waals surface area (Å²) in [5.74, 6) is 0.267. The molecule has 0 unspecified atom stereocenters. The number of phenols is 1. The molecule has 0 bridgehead atoms. The molecule has 2 aromatic heterocycles. The minimum absolute atomic E-state index is 0.129. The summed E-state index contributed by atoms with van der Waals surface area (Å²) in [5, 5.41) is 14.7. The maximum atomic E-state index is 12.3. The highest BCUT2D eigenvalue weighted by atomic mass is 32.2. The number of guanidine groups is 1. The molecule has 3 heterocycles. The Bertz CT molecular complexity index is 1280. The number of rotatable bonds is 6. The normalized spacial score (nSPS) is 17.6. The van der Waals surface area contributed by atoms with Crippen molar-refractivity contribution in [3.63, 3.8) is 0 Å². The smallest absolute Gasteiger partial charge is 0.281 e. The van der Waals surface area contributed by atoms with Gasteiger partial charge in [-0.05, 0) is 18.6 Å². The summed E-state index contributed by atoms with van der Waals surface area (Å²) in [4.78, 5) is 9.81. The first-order chi connectivity index (χ1) is 15.3. The quantitative estimate of drug-likeness (QED) is 0.366. The van der Waals surface area contributed by atoms with Gasteiger partial charge in [0.05, 0.1) is 17.1 Å². The van der Waals surface area contributed by atoms with Crippen LogP contribution < -0.4 is 11.1 Å². The Hall–Kier alpha value is -2.93. The van der Waals surface area contributed by atoms with Crippen LogP contribution in [0.15, 0.2) is 47.4 Å². The van der Waals surface area contributed by atoms with Crippen molar-refractivity contribution in [2.45, 2.75) is 6.42 Å². The molecule has 1 saturated heterocycles. The number of nitrogens with one attached hydrogen (secondary N) is 1. The molecular formula is C20H25N7O3S2. The first kappa shape index (κ1) is 22.3. The second-order valence-corrected chi connectivity index (χ2v) is 10.3. The lowest BCUT2D eigenvalue weighted by Gasteiger charge is -2.32. The van der Waals surface area contributed by atoms with E-state index in [9.17, 15) is 13.5 Å². The number of aromatic nitrogens is 2. The second-order valence-electron chi connectivity index (χ2n) is 7.37. The highest BCUT2D eigenvalue weighted by Crippen LogP contribution is 2.32. The van der Waals surface area contributed by atoms with Gasteiger partial charge in [-0.2, -0.15) is 17.0 Å². The van der Waals surface area contributed by atoms with E-state index in [0.29, 0.717) is 36.7 Å². The molecular weight excluding hydrogens is 450 g/mol. The molecule has 4 rings (SSSR count). The Morgan fingerprint density at radius 2 is 2.22 bits per heavy atom. The summed E-state index contributed by atoms with van der Waals surface area (Å²) >= 11 is 1.47. The van der Waals surface area contributed by atoms with Crippen molar-refractivity contribution in [1.29, 1.82) is 0 Å². The van der Waals surface area contributed by atoms with Gasteiger partial charge in [-0.25, -0.2) is 9.98 Å². The van der Waals surface area contributed by atoms with Gasteiger partial charge in [-0.15, -0.1) is 11.3 Å². The van der Waals surface area contributed by atoms with Crippen LogP contribution in [0.3, 0.4) is 0 Å². The van der Waals surface area contributed by atoms with E-state index >= 15 is 0 Å². The van der Waals surface area contributed by atoms with E-state index in [0.717, 1.165) is 16.9 Å². The average Bonchev–Trinajstić information content (AvgIpc) is 3.32. The van der Waals surface area contributed by atoms with Crippen LogP contribution in [0.5, 0.6) is 5.75 Å². The number of hydrogen-bond acceptors (Lipinski definition) is 6. The number of thiazole rings is 1. The van der Waals surface area contributed by atoms with Crippen LogP contribution in [0.1, 0.15) is 12.1 Å². The van der Waals surface area contributed by atoms with Crippen molar-refractivity contribution in [1.82, 2.24) is 23.3 Å². The molecule has 0 saturated carbocycles. The number of nitrogens with zero attached hydrogens (tertiary/aromatic N) is 5. The molecule has 0 aliphatic carbocycles. The predicted molar refractivity (Wildman–Crippen MR) is 127 cm³/mol. The highest BCUT2D eigenvalue weighted by molar-refractivity contribution is 7.86. The minimum atomic E-state index is -3.42. The van der Waals surface area contributed by atoms with Crippen molar-refractivity contribution in [3.8, 4) is 17.0 Å². The van der Waals surface area contributed by atoms with Gasteiger partial charge in [0, 0.05) is 50.4 Å². The van der Waals surface area contributed by atoms with Gasteiger partial charge in [0.2, 0.25) is 0 Å². The number of fused-ring (bicyclic) bond motifs is 1. The molecule has 0 amide bonds. The number of aliphatic imine (C=N–C) groups is 1. The van der Waals surface area contributed by atoms with E-state index in [1.807, 2.05) is 22.0 Å². The van der Waals surface area contributed by atoms with Gasteiger partial charge in [0.25, 0.3) is 10.2 Å². The zero-order chi connectivity index (χ0) is 22.9. The maximum absolute atomic E-state index is 12.3. The zero-order valence-corrected chi connectivity index (χ0v) is 19.2. The number of aromatic hydroxyl groups is 1. The van der Waals surface area contributed by atoms with Crippen LogP contribution in [0.2, 0.25) is 0 Å². The van der Waals surface area contributed by atoms with Crippen LogP contribution in [-0.4, -0.2) is 70.7 Å². The summed E-state index contributed by atoms with van der Waals surface area (Å²) in [6, 6.07) is 6.82. The van der Waals surface area contributed by atoms with Gasteiger partial charge in [0.1, 0.15) is 5.75 Å². The van der Waals surface area contributed by atoms with E-state index in [-0.39, 0.29) is 18.3 Å². The molecule has 3 aromatic rings. The SMILES string of the molecule is C=C(/N=C(\N)NCCN1CCCN(C)S1(=O)=O)c1c(-c2cccc(O)c2)nc2sccn12. The summed E-state index contributed by atoms with van der Waals surface area (Å²) in [7, 11) is -1.84. The van der Waals surface area contributed by atoms with Crippen molar-refractivity contribution < 1.29 is 13.5 Å². The summed E-state index contributed by atoms with van der Waals surface area (Å²) in [6.07, 6.45) is 2.66. The molecule has 1 aliphatic rings. The number of imidazole rings is 1. The van der Waals surface area contributed by atoms with Crippen molar-refractivity contribution in [2.24, 2.45) is 10.7 Å². The Kier molecular flexibility index (Phi) is 6.20. The van der Waals surface area contributed by atoms with E-state index in [4.69, 9.17) is 5.73 Å². The molecule has 1 aromatic carbocycles. The third-order valence-corrected chi connectivity index (χ3v) is 7.92. The van der Waals surface area contributed by atoms with Crippen LogP contribution in [0.4, 0.5) is 0 Å². The Balaban J connectivity index is 1.51. The molecule has 12 heteroatoms. The number of benzene rings is 1. The van der Waals surface area contributed by atoms with Crippen molar-refractivity contribution in [2.75, 3.05) is 33.2 Å². The number of nitrogens with two attached hydrogens (primary N) is 1. The maximum Gasteiger partial charge on any atom is 0.281 e. The topological polar surface area (TPSA) is 129 Å². The van der Waals surface area contributed by atoms with Crippen LogP contribution >= 0.6 is 11.3 Å². The molecule has 1 fully saturated rings. The summed E-state index contributed by atoms with van der Waals surface area (Å²) < 4.78 is 29.3.